The fourth-order valence-corrected chi connectivity index (χ4v) is 3.91. The van der Waals surface area contributed by atoms with Gasteiger partial charge in [-0.25, -0.2) is 12.8 Å². The molecule has 156 valence electrons. The van der Waals surface area contributed by atoms with E-state index in [0.29, 0.717) is 13.1 Å². The summed E-state index contributed by atoms with van der Waals surface area (Å²) in [5.74, 6) is -0.928. The summed E-state index contributed by atoms with van der Waals surface area (Å²) >= 11 is 0. The highest BCUT2D eigenvalue weighted by atomic mass is 32.2. The monoisotopic (exact) mass is 427 g/mol. The third kappa shape index (κ3) is 5.36. The van der Waals surface area contributed by atoms with Crippen LogP contribution in [0.1, 0.15) is 10.4 Å². The summed E-state index contributed by atoms with van der Waals surface area (Å²) in [5.41, 5.74) is 1.38. The van der Waals surface area contributed by atoms with Crippen LogP contribution in [0, 0.1) is 5.82 Å². The van der Waals surface area contributed by atoms with E-state index in [9.17, 15) is 17.6 Å². The third-order valence-corrected chi connectivity index (χ3v) is 5.85. The molecule has 0 saturated heterocycles. The van der Waals surface area contributed by atoms with Gasteiger partial charge in [0, 0.05) is 25.8 Å². The number of carbonyl (C=O) groups is 1. The molecule has 3 rings (SSSR count). The Morgan fingerprint density at radius 2 is 1.57 bits per heavy atom. The molecule has 1 amide bonds. The molecule has 0 radical (unpaired) electrons. The normalized spacial score (nSPS) is 11.0. The molecule has 0 fully saturated rings. The van der Waals surface area contributed by atoms with Gasteiger partial charge in [-0.2, -0.15) is 0 Å². The van der Waals surface area contributed by atoms with E-state index < -0.39 is 21.7 Å². The van der Waals surface area contributed by atoms with Crippen LogP contribution in [0.5, 0.6) is 0 Å². The quantitative estimate of drug-likeness (QED) is 0.577. The first-order valence-corrected chi connectivity index (χ1v) is 10.8. The van der Waals surface area contributed by atoms with Gasteiger partial charge in [-0.1, -0.05) is 30.3 Å². The smallest absolute Gasteiger partial charge is 0.261 e. The molecule has 0 aromatic heterocycles. The minimum absolute atomic E-state index is 0.0939. The number of sulfonamides is 1. The van der Waals surface area contributed by atoms with E-state index in [-0.39, 0.29) is 16.1 Å². The molecule has 0 spiro atoms. The number of para-hydroxylation sites is 2. The summed E-state index contributed by atoms with van der Waals surface area (Å²) in [6, 6.07) is 20.5. The second-order valence-electron chi connectivity index (χ2n) is 6.62. The average Bonchev–Trinajstić information content (AvgIpc) is 2.74. The zero-order valence-corrected chi connectivity index (χ0v) is 17.2. The van der Waals surface area contributed by atoms with Crippen molar-refractivity contribution in [2.75, 3.05) is 29.8 Å². The Balaban J connectivity index is 1.67. The highest BCUT2D eigenvalue weighted by Crippen LogP contribution is 2.20. The molecular weight excluding hydrogens is 405 g/mol. The van der Waals surface area contributed by atoms with E-state index in [1.54, 1.807) is 18.2 Å². The molecule has 0 unspecified atom stereocenters. The highest BCUT2D eigenvalue weighted by Gasteiger charge is 2.18. The van der Waals surface area contributed by atoms with Gasteiger partial charge in [0.1, 0.15) is 5.82 Å². The number of likely N-dealkylation sites (N-methyl/N-ethyl adjacent to an activating group) is 1. The summed E-state index contributed by atoms with van der Waals surface area (Å²) in [4.78, 5) is 14.5. The number of halogens is 1. The van der Waals surface area contributed by atoms with Crippen molar-refractivity contribution >= 4 is 27.3 Å². The molecule has 6 nitrogen and oxygen atoms in total. The van der Waals surface area contributed by atoms with E-state index in [4.69, 9.17) is 0 Å². The predicted octanol–water partition coefficient (Wildman–Crippen LogP) is 3.49. The first kappa shape index (κ1) is 21.3. The van der Waals surface area contributed by atoms with Gasteiger partial charge in [0.25, 0.3) is 15.9 Å². The summed E-state index contributed by atoms with van der Waals surface area (Å²) in [5, 5.41) is 2.81. The molecule has 30 heavy (non-hydrogen) atoms. The van der Waals surface area contributed by atoms with E-state index in [2.05, 4.69) is 10.0 Å². The second-order valence-corrected chi connectivity index (χ2v) is 8.30. The van der Waals surface area contributed by atoms with Crippen molar-refractivity contribution in [3.05, 3.63) is 90.2 Å². The van der Waals surface area contributed by atoms with Crippen LogP contribution in [0.25, 0.3) is 0 Å². The maximum absolute atomic E-state index is 13.1. The van der Waals surface area contributed by atoms with Crippen LogP contribution in [0.4, 0.5) is 15.8 Å². The summed E-state index contributed by atoms with van der Waals surface area (Å²) < 4.78 is 40.6. The lowest BCUT2D eigenvalue weighted by Gasteiger charge is -2.19. The Bertz CT molecular complexity index is 1100. The molecule has 8 heteroatoms. The number of hydrogen-bond donors (Lipinski definition) is 2. The van der Waals surface area contributed by atoms with Gasteiger partial charge in [-0.3, -0.25) is 9.52 Å². The van der Waals surface area contributed by atoms with Crippen LogP contribution in [-0.2, 0) is 10.0 Å². The Morgan fingerprint density at radius 3 is 2.27 bits per heavy atom. The average molecular weight is 428 g/mol. The zero-order valence-electron chi connectivity index (χ0n) is 16.4. The summed E-state index contributed by atoms with van der Waals surface area (Å²) in [6.45, 7) is 0.961. The molecule has 0 aliphatic heterocycles. The number of anilines is 2. The number of carbonyl (C=O) groups excluding carboxylic acids is 1. The van der Waals surface area contributed by atoms with Crippen molar-refractivity contribution in [3.8, 4) is 0 Å². The molecule has 0 atom stereocenters. The van der Waals surface area contributed by atoms with Gasteiger partial charge in [0.15, 0.2) is 0 Å². The second kappa shape index (κ2) is 9.41. The highest BCUT2D eigenvalue weighted by molar-refractivity contribution is 7.92. The number of nitrogens with one attached hydrogen (secondary N) is 2. The molecule has 0 heterocycles. The lowest BCUT2D eigenvalue weighted by Crippen LogP contribution is -2.33. The minimum atomic E-state index is -3.96. The topological polar surface area (TPSA) is 78.5 Å². The van der Waals surface area contributed by atoms with E-state index in [1.807, 2.05) is 42.3 Å². The Kier molecular flexibility index (Phi) is 6.68. The predicted molar refractivity (Wildman–Crippen MR) is 116 cm³/mol. The van der Waals surface area contributed by atoms with Crippen LogP contribution in [0.15, 0.2) is 83.8 Å². The SMILES string of the molecule is CN(CCNC(=O)c1ccccc1NS(=O)(=O)c1ccc(F)cc1)c1ccccc1. The number of hydrogen-bond acceptors (Lipinski definition) is 4. The number of rotatable bonds is 8. The lowest BCUT2D eigenvalue weighted by molar-refractivity contribution is 0.0955. The van der Waals surface area contributed by atoms with Crippen molar-refractivity contribution in [1.29, 1.82) is 0 Å². The Morgan fingerprint density at radius 1 is 0.933 bits per heavy atom. The molecule has 2 N–H and O–H groups in total. The van der Waals surface area contributed by atoms with Crippen LogP contribution < -0.4 is 14.9 Å². The van der Waals surface area contributed by atoms with E-state index >= 15 is 0 Å². The maximum atomic E-state index is 13.1. The summed E-state index contributed by atoms with van der Waals surface area (Å²) in [7, 11) is -2.04. The van der Waals surface area contributed by atoms with Gasteiger partial charge in [0.05, 0.1) is 16.1 Å². The first-order chi connectivity index (χ1) is 14.4. The zero-order chi connectivity index (χ0) is 21.6. The maximum Gasteiger partial charge on any atom is 0.261 e. The first-order valence-electron chi connectivity index (χ1n) is 9.28. The van der Waals surface area contributed by atoms with Gasteiger partial charge >= 0.3 is 0 Å². The van der Waals surface area contributed by atoms with Gasteiger partial charge in [-0.05, 0) is 48.5 Å². The molecule has 3 aromatic carbocycles. The fraction of sp³-hybridized carbons (Fsp3) is 0.136. The Hall–Kier alpha value is -3.39. The molecular formula is C22H22FN3O3S. The van der Waals surface area contributed by atoms with Crippen molar-refractivity contribution < 1.29 is 17.6 Å². The minimum Gasteiger partial charge on any atom is -0.373 e. The molecule has 0 bridgehead atoms. The number of amides is 1. The largest absolute Gasteiger partial charge is 0.373 e. The van der Waals surface area contributed by atoms with Gasteiger partial charge in [0.2, 0.25) is 0 Å². The van der Waals surface area contributed by atoms with E-state index in [1.165, 1.54) is 18.2 Å². The van der Waals surface area contributed by atoms with Crippen LogP contribution in [0.3, 0.4) is 0 Å². The van der Waals surface area contributed by atoms with Crippen LogP contribution >= 0.6 is 0 Å². The van der Waals surface area contributed by atoms with Crippen molar-refractivity contribution in [2.24, 2.45) is 0 Å². The number of benzene rings is 3. The van der Waals surface area contributed by atoms with Crippen LogP contribution in [-0.4, -0.2) is 34.5 Å². The van der Waals surface area contributed by atoms with Crippen LogP contribution in [0.2, 0.25) is 0 Å². The molecule has 0 aliphatic rings. The molecule has 3 aromatic rings. The molecule has 0 saturated carbocycles. The molecule has 0 aliphatic carbocycles. The summed E-state index contributed by atoms with van der Waals surface area (Å²) in [6.07, 6.45) is 0. The van der Waals surface area contributed by atoms with Gasteiger partial charge < -0.3 is 10.2 Å². The van der Waals surface area contributed by atoms with Crippen molar-refractivity contribution in [1.82, 2.24) is 5.32 Å². The number of nitrogens with zero attached hydrogens (tertiary/aromatic N) is 1. The third-order valence-electron chi connectivity index (χ3n) is 4.47. The Labute approximate surface area is 175 Å². The van der Waals surface area contributed by atoms with Gasteiger partial charge in [-0.15, -0.1) is 0 Å². The van der Waals surface area contributed by atoms with E-state index in [0.717, 1.165) is 17.8 Å². The standard InChI is InChI=1S/C22H22FN3O3S/c1-26(18-7-3-2-4-8-18)16-15-24-22(27)20-9-5-6-10-21(20)25-30(28,29)19-13-11-17(23)12-14-19/h2-14,25H,15-16H2,1H3,(H,24,27). The lowest BCUT2D eigenvalue weighted by atomic mass is 10.1. The van der Waals surface area contributed by atoms with Crippen molar-refractivity contribution in [3.63, 3.8) is 0 Å². The van der Waals surface area contributed by atoms with Crippen molar-refractivity contribution in [2.45, 2.75) is 4.90 Å². The fourth-order valence-electron chi connectivity index (χ4n) is 2.83.